The van der Waals surface area contributed by atoms with Crippen LogP contribution < -0.4 is 10.2 Å². The second-order valence-electron chi connectivity index (χ2n) is 7.92. The van der Waals surface area contributed by atoms with Crippen molar-refractivity contribution in [2.45, 2.75) is 6.18 Å². The fraction of sp³-hybridized carbons (Fsp3) is 0.292. The van der Waals surface area contributed by atoms with Gasteiger partial charge in [-0.3, -0.25) is 4.79 Å². The molecule has 200 valence electrons. The normalized spacial score (nSPS) is 13.4. The lowest BCUT2D eigenvalue weighted by Crippen LogP contribution is -2.49. The van der Waals surface area contributed by atoms with Crippen LogP contribution in [0.5, 0.6) is 0 Å². The van der Waals surface area contributed by atoms with Crippen LogP contribution in [0.15, 0.2) is 42.5 Å². The highest BCUT2D eigenvalue weighted by Gasteiger charge is 2.38. The van der Waals surface area contributed by atoms with Gasteiger partial charge in [0.05, 0.1) is 22.7 Å². The maximum Gasteiger partial charge on any atom is 0.490 e. The van der Waals surface area contributed by atoms with Crippen molar-refractivity contribution in [1.82, 2.24) is 14.9 Å². The van der Waals surface area contributed by atoms with Gasteiger partial charge in [-0.15, -0.1) is 0 Å². The molecule has 0 unspecified atom stereocenters. The van der Waals surface area contributed by atoms with E-state index in [1.807, 2.05) is 4.90 Å². The third-order valence-corrected chi connectivity index (χ3v) is 5.61. The largest absolute Gasteiger partial charge is 0.490 e. The summed E-state index contributed by atoms with van der Waals surface area (Å²) in [6.07, 6.45) is -5.08. The summed E-state index contributed by atoms with van der Waals surface area (Å²) in [5.41, 5.74) is 2.31. The Hall–Kier alpha value is -4.18. The standard InChI is InChI=1S/C22H20ClFN6O.C2HF3O2/c23-17-4-2-16(3-5-17)22(31)30-11-9-29(10-12-30)21-20(26-8-7-24)27-18-6-1-15(14-25)13-19(18)28-21;3-2(4,5)1(6)7/h1-6,13H,7-12H2,(H,26,27);(H,6,7). The zero-order chi connectivity index (χ0) is 27.9. The van der Waals surface area contributed by atoms with E-state index in [1.165, 1.54) is 0 Å². The first-order chi connectivity index (χ1) is 18.0. The summed E-state index contributed by atoms with van der Waals surface area (Å²) in [6.45, 7) is 1.74. The van der Waals surface area contributed by atoms with Crippen molar-refractivity contribution < 1.29 is 32.3 Å². The molecule has 0 saturated carbocycles. The van der Waals surface area contributed by atoms with Gasteiger partial charge in [0.2, 0.25) is 0 Å². The predicted octanol–water partition coefficient (Wildman–Crippen LogP) is 4.13. The van der Waals surface area contributed by atoms with Crippen molar-refractivity contribution in [3.8, 4) is 6.07 Å². The molecule has 14 heteroatoms. The average molecular weight is 553 g/mol. The Morgan fingerprint density at radius 1 is 1.05 bits per heavy atom. The Labute approximate surface area is 219 Å². The summed E-state index contributed by atoms with van der Waals surface area (Å²) in [4.78, 5) is 34.8. The molecule has 1 amide bonds. The van der Waals surface area contributed by atoms with Crippen LogP contribution in [-0.4, -0.2) is 77.4 Å². The number of rotatable bonds is 5. The molecule has 2 aromatic carbocycles. The minimum atomic E-state index is -5.08. The number of carboxylic acid groups (broad SMARTS) is 1. The zero-order valence-corrected chi connectivity index (χ0v) is 20.4. The summed E-state index contributed by atoms with van der Waals surface area (Å²) < 4.78 is 44.5. The van der Waals surface area contributed by atoms with E-state index in [9.17, 15) is 22.4 Å². The number of halogens is 5. The molecular weight excluding hydrogens is 532 g/mol. The molecular formula is C24H21ClF4N6O3. The van der Waals surface area contributed by atoms with Crippen molar-refractivity contribution in [3.05, 3.63) is 58.6 Å². The van der Waals surface area contributed by atoms with Crippen LogP contribution in [-0.2, 0) is 4.79 Å². The number of hydrogen-bond donors (Lipinski definition) is 2. The minimum absolute atomic E-state index is 0.0460. The first kappa shape index (κ1) is 28.4. The Morgan fingerprint density at radius 3 is 2.24 bits per heavy atom. The fourth-order valence-electron chi connectivity index (χ4n) is 3.52. The summed E-state index contributed by atoms with van der Waals surface area (Å²) >= 11 is 5.91. The van der Waals surface area contributed by atoms with E-state index >= 15 is 0 Å². The Morgan fingerprint density at radius 2 is 1.68 bits per heavy atom. The highest BCUT2D eigenvalue weighted by molar-refractivity contribution is 6.30. The predicted molar refractivity (Wildman–Crippen MR) is 132 cm³/mol. The average Bonchev–Trinajstić information content (AvgIpc) is 2.91. The summed E-state index contributed by atoms with van der Waals surface area (Å²) in [6, 6.07) is 14.0. The molecule has 1 aliphatic heterocycles. The molecule has 1 aromatic heterocycles. The molecule has 2 N–H and O–H groups in total. The number of nitriles is 1. The number of amides is 1. The number of carbonyl (C=O) groups is 2. The topological polar surface area (TPSA) is 122 Å². The number of carboxylic acids is 1. The molecule has 0 bridgehead atoms. The van der Waals surface area contributed by atoms with Gasteiger partial charge in [-0.05, 0) is 42.5 Å². The van der Waals surface area contributed by atoms with Crippen molar-refractivity contribution in [1.29, 1.82) is 5.26 Å². The van der Waals surface area contributed by atoms with E-state index in [1.54, 1.807) is 47.4 Å². The van der Waals surface area contributed by atoms with E-state index in [0.29, 0.717) is 65.0 Å². The number of aliphatic carboxylic acids is 1. The second-order valence-corrected chi connectivity index (χ2v) is 8.35. The molecule has 0 aliphatic carbocycles. The highest BCUT2D eigenvalue weighted by Crippen LogP contribution is 2.27. The summed E-state index contributed by atoms with van der Waals surface area (Å²) in [5.74, 6) is -1.72. The first-order valence-electron chi connectivity index (χ1n) is 11.1. The quantitative estimate of drug-likeness (QED) is 0.453. The Balaban J connectivity index is 0.000000505. The molecule has 1 fully saturated rings. The lowest BCUT2D eigenvalue weighted by atomic mass is 10.2. The number of piperazine rings is 1. The SMILES string of the molecule is N#Cc1ccc2nc(NCCF)c(N3CCN(C(=O)c4ccc(Cl)cc4)CC3)nc2c1.O=C(O)C(F)(F)F. The highest BCUT2D eigenvalue weighted by atomic mass is 35.5. The number of aromatic nitrogens is 2. The van der Waals surface area contributed by atoms with Crippen LogP contribution in [0.4, 0.5) is 29.2 Å². The Kier molecular flexibility index (Phi) is 9.25. The summed E-state index contributed by atoms with van der Waals surface area (Å²) in [7, 11) is 0. The van der Waals surface area contributed by atoms with Crippen LogP contribution in [0.1, 0.15) is 15.9 Å². The molecule has 1 saturated heterocycles. The molecule has 0 spiro atoms. The van der Waals surface area contributed by atoms with E-state index in [0.717, 1.165) is 0 Å². The molecule has 0 atom stereocenters. The molecule has 2 heterocycles. The monoisotopic (exact) mass is 552 g/mol. The second kappa shape index (κ2) is 12.4. The number of nitrogens with zero attached hydrogens (tertiary/aromatic N) is 5. The van der Waals surface area contributed by atoms with Gasteiger partial charge in [-0.25, -0.2) is 19.2 Å². The minimum Gasteiger partial charge on any atom is -0.475 e. The molecule has 38 heavy (non-hydrogen) atoms. The maximum atomic E-state index is 12.8. The van der Waals surface area contributed by atoms with Gasteiger partial charge in [0.25, 0.3) is 5.91 Å². The fourth-order valence-corrected chi connectivity index (χ4v) is 3.64. The number of hydrogen-bond acceptors (Lipinski definition) is 7. The van der Waals surface area contributed by atoms with Crippen molar-refractivity contribution in [2.75, 3.05) is 49.6 Å². The van der Waals surface area contributed by atoms with Crippen molar-refractivity contribution >= 4 is 46.1 Å². The smallest absolute Gasteiger partial charge is 0.475 e. The third kappa shape index (κ3) is 7.19. The number of fused-ring (bicyclic) bond motifs is 1. The van der Waals surface area contributed by atoms with Crippen LogP contribution in [0.25, 0.3) is 11.0 Å². The van der Waals surface area contributed by atoms with Gasteiger partial charge >= 0.3 is 12.1 Å². The summed E-state index contributed by atoms with van der Waals surface area (Å²) in [5, 5.41) is 19.9. The lowest BCUT2D eigenvalue weighted by molar-refractivity contribution is -0.192. The first-order valence-corrected chi connectivity index (χ1v) is 11.5. The van der Waals surface area contributed by atoms with Crippen LogP contribution in [0.2, 0.25) is 5.02 Å². The van der Waals surface area contributed by atoms with Gasteiger partial charge < -0.3 is 20.2 Å². The number of alkyl halides is 4. The molecule has 9 nitrogen and oxygen atoms in total. The van der Waals surface area contributed by atoms with Gasteiger partial charge in [0.1, 0.15) is 6.67 Å². The number of nitrogens with one attached hydrogen (secondary N) is 1. The number of benzene rings is 2. The van der Waals surface area contributed by atoms with E-state index in [4.69, 9.17) is 31.7 Å². The van der Waals surface area contributed by atoms with E-state index in [-0.39, 0.29) is 12.5 Å². The zero-order valence-electron chi connectivity index (χ0n) is 19.7. The van der Waals surface area contributed by atoms with Gasteiger partial charge in [-0.1, -0.05) is 11.6 Å². The third-order valence-electron chi connectivity index (χ3n) is 5.36. The van der Waals surface area contributed by atoms with Crippen molar-refractivity contribution in [2.24, 2.45) is 0 Å². The lowest BCUT2D eigenvalue weighted by Gasteiger charge is -2.36. The van der Waals surface area contributed by atoms with Gasteiger partial charge in [0.15, 0.2) is 11.6 Å². The van der Waals surface area contributed by atoms with Gasteiger partial charge in [-0.2, -0.15) is 18.4 Å². The molecule has 4 rings (SSSR count). The Bertz CT molecular complexity index is 1340. The molecule has 0 radical (unpaired) electrons. The molecule has 3 aromatic rings. The maximum absolute atomic E-state index is 12.8. The van der Waals surface area contributed by atoms with Crippen LogP contribution in [0, 0.1) is 11.3 Å². The number of anilines is 2. The van der Waals surface area contributed by atoms with E-state index in [2.05, 4.69) is 16.4 Å². The van der Waals surface area contributed by atoms with Crippen molar-refractivity contribution in [3.63, 3.8) is 0 Å². The molecule has 1 aliphatic rings. The van der Waals surface area contributed by atoms with Crippen LogP contribution >= 0.6 is 11.6 Å². The van der Waals surface area contributed by atoms with E-state index < -0.39 is 18.8 Å². The number of carbonyl (C=O) groups excluding carboxylic acids is 1. The van der Waals surface area contributed by atoms with Gasteiger partial charge in [0, 0.05) is 43.3 Å². The van der Waals surface area contributed by atoms with Crippen LogP contribution in [0.3, 0.4) is 0 Å².